The Morgan fingerprint density at radius 1 is 1.47 bits per heavy atom. The SMILES string of the molecule is CC1CNCC(C(=O)NC(C)CS(C)(=O)=O)C1. The van der Waals surface area contributed by atoms with Gasteiger partial charge in [-0.15, -0.1) is 0 Å². The molecule has 1 amide bonds. The molecular weight excluding hydrogens is 240 g/mol. The smallest absolute Gasteiger partial charge is 0.224 e. The molecular formula is C11H22N2O3S. The molecule has 3 atom stereocenters. The summed E-state index contributed by atoms with van der Waals surface area (Å²) < 4.78 is 22.2. The molecule has 0 bridgehead atoms. The fourth-order valence-electron chi connectivity index (χ4n) is 2.21. The van der Waals surface area contributed by atoms with Crippen molar-refractivity contribution in [3.63, 3.8) is 0 Å². The van der Waals surface area contributed by atoms with E-state index in [4.69, 9.17) is 0 Å². The van der Waals surface area contributed by atoms with Gasteiger partial charge < -0.3 is 10.6 Å². The number of hydrogen-bond acceptors (Lipinski definition) is 4. The van der Waals surface area contributed by atoms with Gasteiger partial charge in [0.2, 0.25) is 5.91 Å². The number of carbonyl (C=O) groups excluding carboxylic acids is 1. The average molecular weight is 262 g/mol. The first-order valence-corrected chi connectivity index (χ1v) is 8.03. The first-order valence-electron chi connectivity index (χ1n) is 5.96. The van der Waals surface area contributed by atoms with Crippen LogP contribution in [0.4, 0.5) is 0 Å². The summed E-state index contributed by atoms with van der Waals surface area (Å²) in [4.78, 5) is 11.9. The molecule has 5 nitrogen and oxygen atoms in total. The normalized spacial score (nSPS) is 27.5. The molecule has 3 unspecified atom stereocenters. The molecule has 0 aliphatic carbocycles. The third-order valence-electron chi connectivity index (χ3n) is 2.88. The number of carbonyl (C=O) groups is 1. The third kappa shape index (κ3) is 5.50. The summed E-state index contributed by atoms with van der Waals surface area (Å²) in [6.07, 6.45) is 2.05. The highest BCUT2D eigenvalue weighted by atomic mass is 32.2. The molecule has 1 rings (SSSR count). The number of piperidine rings is 1. The predicted molar refractivity (Wildman–Crippen MR) is 67.5 cm³/mol. The molecule has 1 fully saturated rings. The lowest BCUT2D eigenvalue weighted by Gasteiger charge is -2.27. The highest BCUT2D eigenvalue weighted by Gasteiger charge is 2.26. The molecule has 0 aromatic carbocycles. The summed E-state index contributed by atoms with van der Waals surface area (Å²) in [7, 11) is -3.04. The van der Waals surface area contributed by atoms with Crippen LogP contribution in [-0.2, 0) is 14.6 Å². The lowest BCUT2D eigenvalue weighted by Crippen LogP contribution is -2.47. The lowest BCUT2D eigenvalue weighted by atomic mass is 9.91. The van der Waals surface area contributed by atoms with Crippen LogP contribution in [0.25, 0.3) is 0 Å². The van der Waals surface area contributed by atoms with Crippen molar-refractivity contribution in [3.05, 3.63) is 0 Å². The molecule has 0 saturated carbocycles. The quantitative estimate of drug-likeness (QED) is 0.734. The number of rotatable bonds is 4. The van der Waals surface area contributed by atoms with Crippen LogP contribution in [0.15, 0.2) is 0 Å². The van der Waals surface area contributed by atoms with Crippen LogP contribution in [-0.4, -0.2) is 45.5 Å². The minimum atomic E-state index is -3.04. The molecule has 1 heterocycles. The van der Waals surface area contributed by atoms with Gasteiger partial charge in [-0.25, -0.2) is 8.42 Å². The number of amides is 1. The average Bonchev–Trinajstić information content (AvgIpc) is 2.14. The molecule has 1 aliphatic rings. The zero-order valence-electron chi connectivity index (χ0n) is 10.7. The number of sulfone groups is 1. The maximum absolute atomic E-state index is 11.9. The van der Waals surface area contributed by atoms with Crippen LogP contribution in [0.1, 0.15) is 20.3 Å². The van der Waals surface area contributed by atoms with E-state index in [9.17, 15) is 13.2 Å². The maximum Gasteiger partial charge on any atom is 0.224 e. The van der Waals surface area contributed by atoms with E-state index in [2.05, 4.69) is 17.6 Å². The fourth-order valence-corrected chi connectivity index (χ4v) is 3.20. The van der Waals surface area contributed by atoms with E-state index >= 15 is 0 Å². The van der Waals surface area contributed by atoms with Gasteiger partial charge >= 0.3 is 0 Å². The molecule has 6 heteroatoms. The Bertz CT molecular complexity index is 367. The van der Waals surface area contributed by atoms with Gasteiger partial charge in [-0.2, -0.15) is 0 Å². The van der Waals surface area contributed by atoms with Crippen LogP contribution < -0.4 is 10.6 Å². The van der Waals surface area contributed by atoms with Crippen molar-refractivity contribution in [2.24, 2.45) is 11.8 Å². The third-order valence-corrected chi connectivity index (χ3v) is 3.99. The Labute approximate surface area is 103 Å². The maximum atomic E-state index is 11.9. The number of nitrogens with one attached hydrogen (secondary N) is 2. The van der Waals surface area contributed by atoms with Crippen molar-refractivity contribution >= 4 is 15.7 Å². The van der Waals surface area contributed by atoms with Gasteiger partial charge in [-0.1, -0.05) is 6.92 Å². The van der Waals surface area contributed by atoms with Gasteiger partial charge in [0.15, 0.2) is 0 Å². The largest absolute Gasteiger partial charge is 0.352 e. The summed E-state index contributed by atoms with van der Waals surface area (Å²) in [6, 6.07) is -0.324. The van der Waals surface area contributed by atoms with E-state index in [1.165, 1.54) is 6.26 Å². The molecule has 17 heavy (non-hydrogen) atoms. The molecule has 0 spiro atoms. The Balaban J connectivity index is 2.43. The summed E-state index contributed by atoms with van der Waals surface area (Å²) in [5.41, 5.74) is 0. The summed E-state index contributed by atoms with van der Waals surface area (Å²) in [5.74, 6) is 0.403. The Morgan fingerprint density at radius 3 is 2.65 bits per heavy atom. The monoisotopic (exact) mass is 262 g/mol. The highest BCUT2D eigenvalue weighted by Crippen LogP contribution is 2.15. The van der Waals surface area contributed by atoms with Crippen LogP contribution >= 0.6 is 0 Å². The van der Waals surface area contributed by atoms with Crippen molar-refractivity contribution in [2.75, 3.05) is 25.1 Å². The van der Waals surface area contributed by atoms with Crippen LogP contribution in [0.2, 0.25) is 0 Å². The van der Waals surface area contributed by atoms with Crippen molar-refractivity contribution in [3.8, 4) is 0 Å². The zero-order valence-corrected chi connectivity index (χ0v) is 11.5. The lowest BCUT2D eigenvalue weighted by molar-refractivity contribution is -0.126. The van der Waals surface area contributed by atoms with Crippen LogP contribution in [0.5, 0.6) is 0 Å². The second-order valence-corrected chi connectivity index (χ2v) is 7.38. The fraction of sp³-hybridized carbons (Fsp3) is 0.909. The molecule has 0 aromatic heterocycles. The molecule has 1 aliphatic heterocycles. The molecule has 100 valence electrons. The minimum Gasteiger partial charge on any atom is -0.352 e. The van der Waals surface area contributed by atoms with Gasteiger partial charge in [-0.05, 0) is 25.8 Å². The van der Waals surface area contributed by atoms with E-state index in [-0.39, 0.29) is 23.6 Å². The number of hydrogen-bond donors (Lipinski definition) is 2. The van der Waals surface area contributed by atoms with Gasteiger partial charge in [0.05, 0.1) is 11.7 Å². The van der Waals surface area contributed by atoms with E-state index in [0.717, 1.165) is 13.0 Å². The summed E-state index contributed by atoms with van der Waals surface area (Å²) in [5, 5.41) is 5.98. The van der Waals surface area contributed by atoms with Crippen molar-refractivity contribution in [2.45, 2.75) is 26.3 Å². The molecule has 2 N–H and O–H groups in total. The Hall–Kier alpha value is -0.620. The Kier molecular flexibility index (Phi) is 4.94. The second-order valence-electron chi connectivity index (χ2n) is 5.20. The highest BCUT2D eigenvalue weighted by molar-refractivity contribution is 7.90. The van der Waals surface area contributed by atoms with Gasteiger partial charge in [0, 0.05) is 18.8 Å². The first-order chi connectivity index (χ1) is 7.78. The molecule has 0 aromatic rings. The van der Waals surface area contributed by atoms with E-state index in [0.29, 0.717) is 12.5 Å². The standard InChI is InChI=1S/C11H22N2O3S/c1-8-4-10(6-12-5-8)11(14)13-9(2)7-17(3,15)16/h8-10,12H,4-7H2,1-3H3,(H,13,14). The van der Waals surface area contributed by atoms with Crippen molar-refractivity contribution < 1.29 is 13.2 Å². The summed E-state index contributed by atoms with van der Waals surface area (Å²) in [6.45, 7) is 5.45. The van der Waals surface area contributed by atoms with Crippen LogP contribution in [0, 0.1) is 11.8 Å². The van der Waals surface area contributed by atoms with Crippen molar-refractivity contribution in [1.82, 2.24) is 10.6 Å². The van der Waals surface area contributed by atoms with E-state index < -0.39 is 9.84 Å². The van der Waals surface area contributed by atoms with Gasteiger partial charge in [-0.3, -0.25) is 4.79 Å². The predicted octanol–water partition coefficient (Wildman–Crippen LogP) is -0.219. The topological polar surface area (TPSA) is 75.3 Å². The molecule has 1 saturated heterocycles. The van der Waals surface area contributed by atoms with Crippen molar-refractivity contribution in [1.29, 1.82) is 0 Å². The Morgan fingerprint density at radius 2 is 2.12 bits per heavy atom. The zero-order chi connectivity index (χ0) is 13.1. The van der Waals surface area contributed by atoms with Gasteiger partial charge in [0.25, 0.3) is 0 Å². The van der Waals surface area contributed by atoms with E-state index in [1.807, 2.05) is 0 Å². The van der Waals surface area contributed by atoms with Crippen LogP contribution in [0.3, 0.4) is 0 Å². The molecule has 0 radical (unpaired) electrons. The summed E-state index contributed by atoms with van der Waals surface area (Å²) >= 11 is 0. The van der Waals surface area contributed by atoms with E-state index in [1.54, 1.807) is 6.92 Å². The minimum absolute atomic E-state index is 0.00551. The first kappa shape index (κ1) is 14.4. The second kappa shape index (κ2) is 5.82. The van der Waals surface area contributed by atoms with Gasteiger partial charge in [0.1, 0.15) is 9.84 Å².